The van der Waals surface area contributed by atoms with Crippen molar-refractivity contribution in [3.63, 3.8) is 0 Å². The number of benzene rings is 2. The van der Waals surface area contributed by atoms with E-state index in [1.165, 1.54) is 22.3 Å². The Balaban J connectivity index is 2.12. The molecular weight excluding hydrogens is 286 g/mol. The first-order valence-electron chi connectivity index (χ1n) is 6.15. The predicted octanol–water partition coefficient (Wildman–Crippen LogP) is 4.15. The van der Waals surface area contributed by atoms with E-state index in [-0.39, 0.29) is 0 Å². The number of hydrogen-bond donors (Lipinski definition) is 0. The second-order valence-electron chi connectivity index (χ2n) is 4.59. The molecule has 18 heavy (non-hydrogen) atoms. The van der Waals surface area contributed by atoms with Crippen LogP contribution in [0.25, 0.3) is 0 Å². The summed E-state index contributed by atoms with van der Waals surface area (Å²) in [5.41, 5.74) is 6.45. The van der Waals surface area contributed by atoms with Crippen LogP contribution in [-0.2, 0) is 6.42 Å². The van der Waals surface area contributed by atoms with Crippen LogP contribution >= 0.6 is 15.9 Å². The van der Waals surface area contributed by atoms with Gasteiger partial charge < -0.3 is 0 Å². The van der Waals surface area contributed by atoms with Gasteiger partial charge in [-0.1, -0.05) is 46.3 Å². The molecule has 1 nitrogen and oxygen atoms in total. The highest BCUT2D eigenvalue weighted by Crippen LogP contribution is 2.24. The molecule has 0 saturated carbocycles. The summed E-state index contributed by atoms with van der Waals surface area (Å²) in [5, 5.41) is 0. The van der Waals surface area contributed by atoms with Gasteiger partial charge in [0.1, 0.15) is 0 Å². The average Bonchev–Trinajstić information content (AvgIpc) is 2.40. The Bertz CT molecular complexity index is 611. The molecule has 0 spiro atoms. The molecule has 2 aromatic carbocycles. The molecule has 3 rings (SSSR count). The van der Waals surface area contributed by atoms with Crippen LogP contribution in [0, 0.1) is 6.92 Å². The molecule has 0 aliphatic carbocycles. The predicted molar refractivity (Wildman–Crippen MR) is 79.5 cm³/mol. The summed E-state index contributed by atoms with van der Waals surface area (Å²) in [6.07, 6.45) is 1.06. The molecule has 0 aromatic heterocycles. The first-order chi connectivity index (χ1) is 8.75. The Labute approximate surface area is 116 Å². The van der Waals surface area contributed by atoms with Crippen LogP contribution in [0.15, 0.2) is 51.9 Å². The topological polar surface area (TPSA) is 12.4 Å². The molecule has 0 unspecified atom stereocenters. The number of aryl methyl sites for hydroxylation is 1. The van der Waals surface area contributed by atoms with E-state index in [1.54, 1.807) is 0 Å². The molecule has 1 aliphatic rings. The molecule has 90 valence electrons. The van der Waals surface area contributed by atoms with Crippen molar-refractivity contribution in [2.24, 2.45) is 4.99 Å². The van der Waals surface area contributed by atoms with Crippen LogP contribution in [0.2, 0.25) is 0 Å². The Hall–Kier alpha value is -1.41. The minimum Gasteiger partial charge on any atom is -0.284 e. The van der Waals surface area contributed by atoms with Gasteiger partial charge in [-0.3, -0.25) is 4.99 Å². The maximum Gasteiger partial charge on any atom is 0.0721 e. The van der Waals surface area contributed by atoms with Crippen molar-refractivity contribution in [2.75, 3.05) is 6.54 Å². The second-order valence-corrected chi connectivity index (χ2v) is 5.50. The van der Waals surface area contributed by atoms with E-state index in [0.717, 1.165) is 23.1 Å². The van der Waals surface area contributed by atoms with E-state index >= 15 is 0 Å². The van der Waals surface area contributed by atoms with Crippen LogP contribution < -0.4 is 0 Å². The molecule has 0 bridgehead atoms. The van der Waals surface area contributed by atoms with E-state index < -0.39 is 0 Å². The number of fused-ring (bicyclic) bond motifs is 1. The first kappa shape index (κ1) is 11.7. The number of halogens is 1. The third-order valence-corrected chi connectivity index (χ3v) is 3.94. The molecule has 2 heteroatoms. The van der Waals surface area contributed by atoms with Gasteiger partial charge in [0.25, 0.3) is 0 Å². The summed E-state index contributed by atoms with van der Waals surface area (Å²) in [6.45, 7) is 3.08. The van der Waals surface area contributed by atoms with Crippen LogP contribution in [0.1, 0.15) is 22.3 Å². The Kier molecular flexibility index (Phi) is 3.04. The third kappa shape index (κ3) is 2.01. The van der Waals surface area contributed by atoms with Crippen LogP contribution in [0.4, 0.5) is 0 Å². The number of rotatable bonds is 1. The van der Waals surface area contributed by atoms with Crippen LogP contribution in [0.5, 0.6) is 0 Å². The highest BCUT2D eigenvalue weighted by molar-refractivity contribution is 9.10. The van der Waals surface area contributed by atoms with E-state index in [4.69, 9.17) is 4.99 Å². The maximum atomic E-state index is 4.71. The van der Waals surface area contributed by atoms with Gasteiger partial charge in [0.15, 0.2) is 0 Å². The van der Waals surface area contributed by atoms with Crippen molar-refractivity contribution < 1.29 is 0 Å². The molecule has 0 atom stereocenters. The summed E-state index contributed by atoms with van der Waals surface area (Å²) in [7, 11) is 0. The fourth-order valence-corrected chi connectivity index (χ4v) is 2.74. The third-order valence-electron chi connectivity index (χ3n) is 3.41. The lowest BCUT2D eigenvalue weighted by atomic mass is 9.90. The monoisotopic (exact) mass is 299 g/mol. The zero-order valence-electron chi connectivity index (χ0n) is 10.3. The van der Waals surface area contributed by atoms with E-state index in [1.807, 2.05) is 0 Å². The lowest BCUT2D eigenvalue weighted by Crippen LogP contribution is -2.15. The lowest BCUT2D eigenvalue weighted by molar-refractivity contribution is 0.933. The molecule has 0 saturated heterocycles. The van der Waals surface area contributed by atoms with Crippen molar-refractivity contribution >= 4 is 21.6 Å². The standard InChI is InChI=1S/C16H14BrN/c1-11-3-2-4-15-14(11)9-10-18-16(15)12-5-7-13(17)8-6-12/h2-8H,9-10H2,1H3. The Morgan fingerprint density at radius 3 is 2.61 bits per heavy atom. The Morgan fingerprint density at radius 1 is 1.06 bits per heavy atom. The highest BCUT2D eigenvalue weighted by Gasteiger charge is 2.16. The molecule has 0 amide bonds. The molecular formula is C16H14BrN. The fraction of sp³-hybridized carbons (Fsp3) is 0.188. The van der Waals surface area contributed by atoms with Crippen molar-refractivity contribution in [1.82, 2.24) is 0 Å². The second kappa shape index (κ2) is 4.69. The lowest BCUT2D eigenvalue weighted by Gasteiger charge is -2.19. The van der Waals surface area contributed by atoms with Gasteiger partial charge in [0, 0.05) is 22.1 Å². The van der Waals surface area contributed by atoms with Crippen LogP contribution in [-0.4, -0.2) is 12.3 Å². The summed E-state index contributed by atoms with van der Waals surface area (Å²) in [4.78, 5) is 4.71. The SMILES string of the molecule is Cc1cccc2c1CCN=C2c1ccc(Br)cc1. The number of aliphatic imine (C=N–C) groups is 1. The first-order valence-corrected chi connectivity index (χ1v) is 6.94. The molecule has 2 aromatic rings. The zero-order chi connectivity index (χ0) is 12.5. The van der Waals surface area contributed by atoms with E-state index in [2.05, 4.69) is 65.3 Å². The molecule has 0 N–H and O–H groups in total. The van der Waals surface area contributed by atoms with E-state index in [0.29, 0.717) is 0 Å². The maximum absolute atomic E-state index is 4.71. The van der Waals surface area contributed by atoms with Gasteiger partial charge in [-0.05, 0) is 36.6 Å². The summed E-state index contributed by atoms with van der Waals surface area (Å²) in [6, 6.07) is 14.9. The average molecular weight is 300 g/mol. The minimum atomic E-state index is 0.892. The van der Waals surface area contributed by atoms with Gasteiger partial charge in [0.2, 0.25) is 0 Å². The van der Waals surface area contributed by atoms with Crippen molar-refractivity contribution in [3.8, 4) is 0 Å². The summed E-state index contributed by atoms with van der Waals surface area (Å²) in [5.74, 6) is 0. The smallest absolute Gasteiger partial charge is 0.0721 e. The van der Waals surface area contributed by atoms with Crippen LogP contribution in [0.3, 0.4) is 0 Å². The van der Waals surface area contributed by atoms with Crippen molar-refractivity contribution in [2.45, 2.75) is 13.3 Å². The number of hydrogen-bond acceptors (Lipinski definition) is 1. The van der Waals surface area contributed by atoms with Crippen molar-refractivity contribution in [1.29, 1.82) is 0 Å². The van der Waals surface area contributed by atoms with Crippen molar-refractivity contribution in [3.05, 3.63) is 69.2 Å². The van der Waals surface area contributed by atoms with Gasteiger partial charge in [-0.15, -0.1) is 0 Å². The fourth-order valence-electron chi connectivity index (χ4n) is 2.48. The number of nitrogens with zero attached hydrogens (tertiary/aromatic N) is 1. The van der Waals surface area contributed by atoms with E-state index in [9.17, 15) is 0 Å². The molecule has 1 aliphatic heterocycles. The quantitative estimate of drug-likeness (QED) is 0.750. The zero-order valence-corrected chi connectivity index (χ0v) is 11.9. The summed E-state index contributed by atoms with van der Waals surface area (Å²) < 4.78 is 1.10. The van der Waals surface area contributed by atoms with Gasteiger partial charge in [0.05, 0.1) is 5.71 Å². The molecule has 0 fully saturated rings. The highest BCUT2D eigenvalue weighted by atomic mass is 79.9. The van der Waals surface area contributed by atoms with Gasteiger partial charge >= 0.3 is 0 Å². The van der Waals surface area contributed by atoms with Gasteiger partial charge in [-0.25, -0.2) is 0 Å². The normalized spacial score (nSPS) is 14.0. The largest absolute Gasteiger partial charge is 0.284 e. The molecule has 0 radical (unpaired) electrons. The van der Waals surface area contributed by atoms with Gasteiger partial charge in [-0.2, -0.15) is 0 Å². The summed E-state index contributed by atoms with van der Waals surface area (Å²) >= 11 is 3.47. The Morgan fingerprint density at radius 2 is 1.83 bits per heavy atom. The minimum absolute atomic E-state index is 0.892. The molecule has 1 heterocycles.